The van der Waals surface area contributed by atoms with Crippen LogP contribution in [0.1, 0.15) is 6.42 Å². The SMILES string of the molecule is [C-]#[N+]C(CC(=O)OC)C(=O)OC. The minimum Gasteiger partial charge on any atom is -0.469 e. The van der Waals surface area contributed by atoms with Crippen molar-refractivity contribution in [2.45, 2.75) is 12.5 Å². The van der Waals surface area contributed by atoms with Crippen molar-refractivity contribution in [3.8, 4) is 0 Å². The first-order valence-electron chi connectivity index (χ1n) is 3.17. The molecular formula is C7H9NO4. The minimum absolute atomic E-state index is 0.257. The number of hydrogen-bond donors (Lipinski definition) is 0. The number of methoxy groups -OCH3 is 2. The summed E-state index contributed by atoms with van der Waals surface area (Å²) in [4.78, 5) is 24.3. The Morgan fingerprint density at radius 2 is 2.00 bits per heavy atom. The van der Waals surface area contributed by atoms with E-state index in [4.69, 9.17) is 6.57 Å². The first kappa shape index (κ1) is 10.4. The van der Waals surface area contributed by atoms with Crippen LogP contribution in [0, 0.1) is 6.57 Å². The fraction of sp³-hybridized carbons (Fsp3) is 0.571. The summed E-state index contributed by atoms with van der Waals surface area (Å²) in [6, 6.07) is -1.08. The van der Waals surface area contributed by atoms with Gasteiger partial charge in [0.2, 0.25) is 0 Å². The molecule has 0 aliphatic carbocycles. The molecule has 0 heterocycles. The molecule has 0 saturated heterocycles. The first-order chi connectivity index (χ1) is 5.65. The number of ether oxygens (including phenoxy) is 2. The van der Waals surface area contributed by atoms with E-state index in [-0.39, 0.29) is 6.42 Å². The van der Waals surface area contributed by atoms with Crippen LogP contribution in [0.3, 0.4) is 0 Å². The van der Waals surface area contributed by atoms with Gasteiger partial charge in [-0.2, -0.15) is 0 Å². The smallest absolute Gasteiger partial charge is 0.390 e. The van der Waals surface area contributed by atoms with Gasteiger partial charge in [-0.25, -0.2) is 11.4 Å². The molecule has 66 valence electrons. The van der Waals surface area contributed by atoms with Crippen LogP contribution in [0.25, 0.3) is 4.85 Å². The second-order valence-electron chi connectivity index (χ2n) is 1.95. The Hall–Kier alpha value is -1.57. The number of carbonyl (C=O) groups is 2. The molecule has 0 aromatic rings. The average molecular weight is 171 g/mol. The lowest BCUT2D eigenvalue weighted by Crippen LogP contribution is -2.22. The highest BCUT2D eigenvalue weighted by molar-refractivity contribution is 5.84. The summed E-state index contributed by atoms with van der Waals surface area (Å²) in [7, 11) is 2.36. The van der Waals surface area contributed by atoms with E-state index in [1.807, 2.05) is 0 Å². The number of hydrogen-bond acceptors (Lipinski definition) is 4. The maximum Gasteiger partial charge on any atom is 0.390 e. The molecule has 12 heavy (non-hydrogen) atoms. The normalized spacial score (nSPS) is 11.1. The van der Waals surface area contributed by atoms with Crippen LogP contribution in [0.4, 0.5) is 0 Å². The molecule has 0 aromatic carbocycles. The molecule has 0 N–H and O–H groups in total. The molecule has 0 rings (SSSR count). The van der Waals surface area contributed by atoms with Gasteiger partial charge in [0.1, 0.15) is 6.42 Å². The third-order valence-corrected chi connectivity index (χ3v) is 1.22. The Kier molecular flexibility index (Phi) is 4.46. The Bertz CT molecular complexity index is 218. The largest absolute Gasteiger partial charge is 0.469 e. The zero-order chi connectivity index (χ0) is 9.56. The molecule has 0 fully saturated rings. The van der Waals surface area contributed by atoms with Crippen molar-refractivity contribution in [3.63, 3.8) is 0 Å². The predicted molar refractivity (Wildman–Crippen MR) is 39.0 cm³/mol. The van der Waals surface area contributed by atoms with E-state index in [9.17, 15) is 9.59 Å². The van der Waals surface area contributed by atoms with Crippen molar-refractivity contribution in [2.75, 3.05) is 14.2 Å². The molecule has 0 aliphatic rings. The fourth-order valence-corrected chi connectivity index (χ4v) is 0.559. The molecule has 0 aliphatic heterocycles. The standard InChI is InChI=1S/C7H9NO4/c1-8-5(7(10)12-3)4-6(9)11-2/h5H,4H2,2-3H3. The maximum absolute atomic E-state index is 10.8. The quantitative estimate of drug-likeness (QED) is 0.443. The number of nitrogens with zero attached hydrogens (tertiary/aromatic N) is 1. The van der Waals surface area contributed by atoms with Crippen molar-refractivity contribution < 1.29 is 19.1 Å². The lowest BCUT2D eigenvalue weighted by molar-refractivity contribution is -0.147. The van der Waals surface area contributed by atoms with Gasteiger partial charge in [-0.15, -0.1) is 0 Å². The summed E-state index contributed by atoms with van der Waals surface area (Å²) in [5.41, 5.74) is 0. The second kappa shape index (κ2) is 5.13. The molecule has 0 bridgehead atoms. The highest BCUT2D eigenvalue weighted by atomic mass is 16.5. The second-order valence-corrected chi connectivity index (χ2v) is 1.95. The van der Waals surface area contributed by atoms with E-state index in [0.717, 1.165) is 7.11 Å². The van der Waals surface area contributed by atoms with Crippen LogP contribution in [0.2, 0.25) is 0 Å². The zero-order valence-corrected chi connectivity index (χ0v) is 6.86. The predicted octanol–water partition coefficient (Wildman–Crippen LogP) is 0.0104. The molecule has 1 unspecified atom stereocenters. The summed E-state index contributed by atoms with van der Waals surface area (Å²) in [5.74, 6) is -1.31. The van der Waals surface area contributed by atoms with Crippen molar-refractivity contribution in [3.05, 3.63) is 11.4 Å². The number of carbonyl (C=O) groups excluding carboxylic acids is 2. The molecule has 1 atom stereocenters. The first-order valence-corrected chi connectivity index (χ1v) is 3.17. The van der Waals surface area contributed by atoms with Gasteiger partial charge in [-0.1, -0.05) is 0 Å². The van der Waals surface area contributed by atoms with Gasteiger partial charge in [0.25, 0.3) is 0 Å². The van der Waals surface area contributed by atoms with Gasteiger partial charge in [-0.3, -0.25) is 4.79 Å². The molecule has 5 nitrogen and oxygen atoms in total. The highest BCUT2D eigenvalue weighted by Gasteiger charge is 2.27. The zero-order valence-electron chi connectivity index (χ0n) is 6.86. The molecule has 0 radical (unpaired) electrons. The van der Waals surface area contributed by atoms with Gasteiger partial charge in [0.05, 0.1) is 14.2 Å². The van der Waals surface area contributed by atoms with Crippen LogP contribution < -0.4 is 0 Å². The van der Waals surface area contributed by atoms with Gasteiger partial charge in [0.15, 0.2) is 0 Å². The highest BCUT2D eigenvalue weighted by Crippen LogP contribution is 2.01. The van der Waals surface area contributed by atoms with Crippen LogP contribution >= 0.6 is 0 Å². The summed E-state index contributed by atoms with van der Waals surface area (Å²) < 4.78 is 8.58. The van der Waals surface area contributed by atoms with E-state index in [2.05, 4.69) is 14.3 Å². The van der Waals surface area contributed by atoms with Crippen LogP contribution in [0.5, 0.6) is 0 Å². The molecule has 0 saturated carbocycles. The molecular weight excluding hydrogens is 162 g/mol. The monoisotopic (exact) mass is 171 g/mol. The van der Waals surface area contributed by atoms with Crippen molar-refractivity contribution in [1.29, 1.82) is 0 Å². The van der Waals surface area contributed by atoms with Crippen LogP contribution in [-0.2, 0) is 19.1 Å². The van der Waals surface area contributed by atoms with E-state index >= 15 is 0 Å². The molecule has 0 aromatic heterocycles. The minimum atomic E-state index is -1.08. The lowest BCUT2D eigenvalue weighted by Gasteiger charge is -2.00. The lowest BCUT2D eigenvalue weighted by atomic mass is 10.2. The molecule has 0 spiro atoms. The van der Waals surface area contributed by atoms with Gasteiger partial charge >= 0.3 is 18.0 Å². The summed E-state index contributed by atoms with van der Waals surface area (Å²) >= 11 is 0. The Balaban J connectivity index is 4.11. The number of rotatable bonds is 3. The average Bonchev–Trinajstić information content (AvgIpc) is 2.12. The Morgan fingerprint density at radius 3 is 2.33 bits per heavy atom. The van der Waals surface area contributed by atoms with Crippen LogP contribution in [0.15, 0.2) is 0 Å². The van der Waals surface area contributed by atoms with Gasteiger partial charge < -0.3 is 14.3 Å². The third-order valence-electron chi connectivity index (χ3n) is 1.22. The Labute approximate surface area is 70.1 Å². The number of esters is 2. The Morgan fingerprint density at radius 1 is 1.42 bits per heavy atom. The van der Waals surface area contributed by atoms with Gasteiger partial charge in [0, 0.05) is 0 Å². The van der Waals surface area contributed by atoms with E-state index in [1.54, 1.807) is 0 Å². The summed E-state index contributed by atoms with van der Waals surface area (Å²) in [6.45, 7) is 6.58. The molecule has 5 heteroatoms. The van der Waals surface area contributed by atoms with E-state index in [1.165, 1.54) is 7.11 Å². The third kappa shape index (κ3) is 3.01. The molecule has 0 amide bonds. The van der Waals surface area contributed by atoms with Gasteiger partial charge in [-0.05, 0) is 0 Å². The van der Waals surface area contributed by atoms with E-state index in [0.29, 0.717) is 0 Å². The topological polar surface area (TPSA) is 57.0 Å². The van der Waals surface area contributed by atoms with Crippen molar-refractivity contribution in [1.82, 2.24) is 0 Å². The summed E-state index contributed by atoms with van der Waals surface area (Å²) in [6.07, 6.45) is -0.257. The van der Waals surface area contributed by atoms with Crippen LogP contribution in [-0.4, -0.2) is 32.2 Å². The van der Waals surface area contributed by atoms with Crippen molar-refractivity contribution >= 4 is 11.9 Å². The maximum atomic E-state index is 10.8. The van der Waals surface area contributed by atoms with Crippen molar-refractivity contribution in [2.24, 2.45) is 0 Å². The fourth-order valence-electron chi connectivity index (χ4n) is 0.559. The van der Waals surface area contributed by atoms with E-state index < -0.39 is 18.0 Å². The summed E-state index contributed by atoms with van der Waals surface area (Å²) in [5, 5.41) is 0.